The van der Waals surface area contributed by atoms with Crippen molar-refractivity contribution >= 4 is 5.97 Å². The second kappa shape index (κ2) is 12.7. The summed E-state index contributed by atoms with van der Waals surface area (Å²) in [6.45, 7) is 6.90. The summed E-state index contributed by atoms with van der Waals surface area (Å²) < 4.78 is 6.17. The van der Waals surface area contributed by atoms with Crippen molar-refractivity contribution in [3.8, 4) is 0 Å². The normalized spacial score (nSPS) is 22.4. The predicted molar refractivity (Wildman–Crippen MR) is 109 cm³/mol. The molecule has 0 amide bonds. The molecule has 1 atom stereocenters. The van der Waals surface area contributed by atoms with Crippen molar-refractivity contribution in [2.24, 2.45) is 0 Å². The molecule has 2 N–H and O–H groups in total. The van der Waals surface area contributed by atoms with E-state index in [9.17, 15) is 10.0 Å². The zero-order valence-electron chi connectivity index (χ0n) is 18.0. The highest BCUT2D eigenvalue weighted by Crippen LogP contribution is 2.40. The maximum atomic E-state index is 10.8. The highest BCUT2D eigenvalue weighted by molar-refractivity contribution is 5.66. The highest BCUT2D eigenvalue weighted by Gasteiger charge is 2.50. The van der Waals surface area contributed by atoms with Gasteiger partial charge in [0.1, 0.15) is 5.72 Å². The Balaban J connectivity index is 2.23. The zero-order chi connectivity index (χ0) is 20.2. The van der Waals surface area contributed by atoms with Gasteiger partial charge in [0, 0.05) is 6.42 Å². The van der Waals surface area contributed by atoms with Gasteiger partial charge in [-0.2, -0.15) is 5.06 Å². The molecule has 0 aromatic carbocycles. The van der Waals surface area contributed by atoms with E-state index in [1.54, 1.807) is 0 Å². The molecule has 5 heteroatoms. The Morgan fingerprint density at radius 1 is 0.889 bits per heavy atom. The quantitative estimate of drug-likeness (QED) is 0.312. The Morgan fingerprint density at radius 3 is 1.81 bits per heavy atom. The average molecular weight is 386 g/mol. The molecule has 1 rings (SSSR count). The molecule has 160 valence electrons. The van der Waals surface area contributed by atoms with E-state index in [0.717, 1.165) is 44.9 Å². The van der Waals surface area contributed by atoms with Crippen molar-refractivity contribution in [2.75, 3.05) is 6.61 Å². The SMILES string of the molecule is CCCCCC[C@@]1(CCCCCCCCCCC(=O)O)OCC(C)(C)N1O. The lowest BCUT2D eigenvalue weighted by molar-refractivity contribution is -0.256. The van der Waals surface area contributed by atoms with Gasteiger partial charge in [-0.05, 0) is 46.0 Å². The van der Waals surface area contributed by atoms with Crippen LogP contribution in [0.15, 0.2) is 0 Å². The number of hydrogen-bond donors (Lipinski definition) is 2. The third-order valence-electron chi connectivity index (χ3n) is 5.78. The van der Waals surface area contributed by atoms with E-state index in [1.807, 2.05) is 13.8 Å². The summed E-state index contributed by atoms with van der Waals surface area (Å²) in [6.07, 6.45) is 15.7. The fourth-order valence-corrected chi connectivity index (χ4v) is 4.03. The van der Waals surface area contributed by atoms with Gasteiger partial charge in [0.25, 0.3) is 0 Å². The molecule has 1 heterocycles. The molecule has 0 bridgehead atoms. The second-order valence-corrected chi connectivity index (χ2v) is 8.89. The fourth-order valence-electron chi connectivity index (χ4n) is 4.03. The molecule has 0 unspecified atom stereocenters. The molecule has 1 aliphatic heterocycles. The number of hydroxylamine groups is 2. The van der Waals surface area contributed by atoms with E-state index in [-0.39, 0.29) is 5.54 Å². The molecule has 0 aliphatic carbocycles. The highest BCUT2D eigenvalue weighted by atomic mass is 16.6. The van der Waals surface area contributed by atoms with Gasteiger partial charge in [-0.3, -0.25) is 4.79 Å². The number of aliphatic carboxylic acids is 1. The lowest BCUT2D eigenvalue weighted by atomic mass is 9.95. The molecule has 1 fully saturated rings. The smallest absolute Gasteiger partial charge is 0.303 e. The van der Waals surface area contributed by atoms with Crippen LogP contribution in [0.4, 0.5) is 0 Å². The van der Waals surface area contributed by atoms with Gasteiger partial charge in [0.15, 0.2) is 0 Å². The first-order valence-corrected chi connectivity index (χ1v) is 11.2. The maximum Gasteiger partial charge on any atom is 0.303 e. The van der Waals surface area contributed by atoms with E-state index in [4.69, 9.17) is 9.84 Å². The third-order valence-corrected chi connectivity index (χ3v) is 5.78. The van der Waals surface area contributed by atoms with Gasteiger partial charge >= 0.3 is 5.97 Å². The standard InChI is InChI=1S/C22H43NO4/c1-4-5-6-14-17-22(23(26)21(2,3)19-27-22)18-15-12-10-8-7-9-11-13-16-20(24)25/h26H,4-19H2,1-3H3,(H,24,25)/t22-/m0/s1. The summed E-state index contributed by atoms with van der Waals surface area (Å²) in [6, 6.07) is 0. The number of carboxylic acid groups (broad SMARTS) is 1. The van der Waals surface area contributed by atoms with Crippen molar-refractivity contribution in [1.82, 2.24) is 5.06 Å². The Morgan fingerprint density at radius 2 is 1.37 bits per heavy atom. The Kier molecular flexibility index (Phi) is 11.5. The average Bonchev–Trinajstić information content (AvgIpc) is 2.84. The lowest BCUT2D eigenvalue weighted by Gasteiger charge is -2.37. The minimum Gasteiger partial charge on any atom is -0.481 e. The topological polar surface area (TPSA) is 70.0 Å². The Labute approximate surface area is 166 Å². The Hall–Kier alpha value is -0.650. The van der Waals surface area contributed by atoms with Crippen molar-refractivity contribution in [1.29, 1.82) is 0 Å². The first-order valence-electron chi connectivity index (χ1n) is 11.2. The van der Waals surface area contributed by atoms with Gasteiger partial charge < -0.3 is 15.1 Å². The molecule has 5 nitrogen and oxygen atoms in total. The van der Waals surface area contributed by atoms with Gasteiger partial charge in [-0.25, -0.2) is 0 Å². The third kappa shape index (κ3) is 8.93. The largest absolute Gasteiger partial charge is 0.481 e. The zero-order valence-corrected chi connectivity index (χ0v) is 18.0. The predicted octanol–water partition coefficient (Wildman–Crippen LogP) is 6.14. The summed E-state index contributed by atoms with van der Waals surface area (Å²) in [4.78, 5) is 10.5. The van der Waals surface area contributed by atoms with Crippen molar-refractivity contribution in [2.45, 2.75) is 128 Å². The minimum atomic E-state index is -0.686. The molecule has 0 spiro atoms. The van der Waals surface area contributed by atoms with Crippen LogP contribution in [0.25, 0.3) is 0 Å². The fraction of sp³-hybridized carbons (Fsp3) is 0.955. The van der Waals surface area contributed by atoms with Crippen LogP contribution in [0.5, 0.6) is 0 Å². The molecule has 0 aromatic rings. The van der Waals surface area contributed by atoms with Crippen LogP contribution in [-0.2, 0) is 9.53 Å². The minimum absolute atomic E-state index is 0.300. The first kappa shape index (κ1) is 24.4. The number of nitrogens with zero attached hydrogens (tertiary/aromatic N) is 1. The van der Waals surface area contributed by atoms with E-state index in [0.29, 0.717) is 13.0 Å². The van der Waals surface area contributed by atoms with Gasteiger partial charge in [-0.1, -0.05) is 64.7 Å². The van der Waals surface area contributed by atoms with E-state index >= 15 is 0 Å². The van der Waals surface area contributed by atoms with Crippen LogP contribution in [-0.4, -0.2) is 39.2 Å². The first-order chi connectivity index (χ1) is 12.8. The molecular weight excluding hydrogens is 342 g/mol. The summed E-state index contributed by atoms with van der Waals surface area (Å²) >= 11 is 0. The van der Waals surface area contributed by atoms with E-state index in [2.05, 4.69) is 6.92 Å². The summed E-state index contributed by atoms with van der Waals surface area (Å²) in [7, 11) is 0. The van der Waals surface area contributed by atoms with Crippen LogP contribution in [0, 0.1) is 0 Å². The van der Waals surface area contributed by atoms with Crippen LogP contribution in [0.1, 0.15) is 117 Å². The number of carboxylic acids is 1. The summed E-state index contributed by atoms with van der Waals surface area (Å²) in [5.74, 6) is -0.686. The molecule has 1 aliphatic rings. The second-order valence-electron chi connectivity index (χ2n) is 8.89. The number of unbranched alkanes of at least 4 members (excludes halogenated alkanes) is 10. The van der Waals surface area contributed by atoms with Crippen LogP contribution < -0.4 is 0 Å². The van der Waals surface area contributed by atoms with Gasteiger partial charge in [-0.15, -0.1) is 0 Å². The van der Waals surface area contributed by atoms with Crippen LogP contribution in [0.2, 0.25) is 0 Å². The monoisotopic (exact) mass is 385 g/mol. The van der Waals surface area contributed by atoms with Crippen LogP contribution >= 0.6 is 0 Å². The van der Waals surface area contributed by atoms with Crippen molar-refractivity contribution in [3.05, 3.63) is 0 Å². The molecule has 27 heavy (non-hydrogen) atoms. The molecule has 0 aromatic heterocycles. The Bertz CT molecular complexity index is 413. The van der Waals surface area contributed by atoms with Gasteiger partial charge in [0.05, 0.1) is 12.1 Å². The maximum absolute atomic E-state index is 10.8. The van der Waals surface area contributed by atoms with Crippen molar-refractivity contribution < 1.29 is 19.8 Å². The molecule has 0 saturated carbocycles. The van der Waals surface area contributed by atoms with E-state index in [1.165, 1.54) is 50.0 Å². The summed E-state index contributed by atoms with van der Waals surface area (Å²) in [5.41, 5.74) is -0.797. The number of hydrogen-bond acceptors (Lipinski definition) is 4. The molecular formula is C22H43NO4. The number of carbonyl (C=O) groups is 1. The lowest BCUT2D eigenvalue weighted by Crippen LogP contribution is -2.50. The molecule has 1 saturated heterocycles. The van der Waals surface area contributed by atoms with Crippen LogP contribution in [0.3, 0.4) is 0 Å². The summed E-state index contributed by atoms with van der Waals surface area (Å²) in [5, 5.41) is 20.9. The number of rotatable bonds is 16. The van der Waals surface area contributed by atoms with Crippen molar-refractivity contribution in [3.63, 3.8) is 0 Å². The molecule has 0 radical (unpaired) electrons. The van der Waals surface area contributed by atoms with Gasteiger partial charge in [0.2, 0.25) is 0 Å². The van der Waals surface area contributed by atoms with E-state index < -0.39 is 11.7 Å². The number of ether oxygens (including phenoxy) is 1.